The molecule has 0 aromatic heterocycles. The number of rotatable bonds is 7. The topological polar surface area (TPSA) is 43.9 Å². The highest BCUT2D eigenvalue weighted by atomic mass is 19.1. The number of amides is 2. The maximum absolute atomic E-state index is 13.5. The summed E-state index contributed by atoms with van der Waals surface area (Å²) in [6.07, 6.45) is 2.77. The van der Waals surface area contributed by atoms with Crippen molar-refractivity contribution in [1.82, 2.24) is 9.80 Å². The van der Waals surface area contributed by atoms with E-state index in [2.05, 4.69) is 43.0 Å². The molecule has 0 N–H and O–H groups in total. The fourth-order valence-electron chi connectivity index (χ4n) is 4.47. The number of carbonyl (C=O) groups excluding carboxylic acids is 2. The zero-order valence-electron chi connectivity index (χ0n) is 18.8. The van der Waals surface area contributed by atoms with Crippen LogP contribution in [0.1, 0.15) is 37.3 Å². The molecular formula is C26H30FN3O2. The first-order valence-corrected chi connectivity index (χ1v) is 11.4. The summed E-state index contributed by atoms with van der Waals surface area (Å²) in [4.78, 5) is 32.4. The largest absolute Gasteiger partial charge is 0.368 e. The molecule has 0 atom stereocenters. The lowest BCUT2D eigenvalue weighted by Gasteiger charge is -2.37. The number of carbonyl (C=O) groups is 2. The number of benzene rings is 2. The van der Waals surface area contributed by atoms with E-state index in [0.29, 0.717) is 36.5 Å². The van der Waals surface area contributed by atoms with E-state index in [4.69, 9.17) is 0 Å². The predicted octanol–water partition coefficient (Wildman–Crippen LogP) is 4.23. The molecule has 168 valence electrons. The molecule has 2 aromatic carbocycles. The molecule has 2 amide bonds. The SMILES string of the molecule is CCCCCN1C(=O)C(c2ccc(F)cc2)=C(N2CCN(c3cccc(C)c3)CC2)C1=O. The van der Waals surface area contributed by atoms with Crippen LogP contribution in [-0.4, -0.2) is 54.3 Å². The normalized spacial score (nSPS) is 17.0. The summed E-state index contributed by atoms with van der Waals surface area (Å²) in [5.74, 6) is -0.859. The van der Waals surface area contributed by atoms with Gasteiger partial charge in [0.25, 0.3) is 11.8 Å². The van der Waals surface area contributed by atoms with E-state index >= 15 is 0 Å². The zero-order chi connectivity index (χ0) is 22.7. The third kappa shape index (κ3) is 4.40. The van der Waals surface area contributed by atoms with Crippen LogP contribution in [0.4, 0.5) is 10.1 Å². The van der Waals surface area contributed by atoms with Crippen LogP contribution in [0.25, 0.3) is 5.57 Å². The summed E-state index contributed by atoms with van der Waals surface area (Å²) in [6.45, 7) is 7.42. The number of nitrogens with zero attached hydrogens (tertiary/aromatic N) is 3. The minimum Gasteiger partial charge on any atom is -0.368 e. The minimum absolute atomic E-state index is 0.227. The van der Waals surface area contributed by atoms with Gasteiger partial charge < -0.3 is 9.80 Å². The van der Waals surface area contributed by atoms with Crippen LogP contribution in [0.3, 0.4) is 0 Å². The van der Waals surface area contributed by atoms with E-state index in [1.807, 2.05) is 4.90 Å². The van der Waals surface area contributed by atoms with Crippen molar-refractivity contribution < 1.29 is 14.0 Å². The molecule has 1 saturated heterocycles. The number of hydrogen-bond donors (Lipinski definition) is 0. The van der Waals surface area contributed by atoms with E-state index in [-0.39, 0.29) is 17.6 Å². The number of aryl methyl sites for hydroxylation is 1. The summed E-state index contributed by atoms with van der Waals surface area (Å²) in [5.41, 5.74) is 3.84. The average molecular weight is 436 g/mol. The van der Waals surface area contributed by atoms with Gasteiger partial charge >= 0.3 is 0 Å². The van der Waals surface area contributed by atoms with Gasteiger partial charge in [-0.2, -0.15) is 0 Å². The van der Waals surface area contributed by atoms with Gasteiger partial charge in [-0.05, 0) is 48.7 Å². The molecule has 0 radical (unpaired) electrons. The molecule has 5 nitrogen and oxygen atoms in total. The van der Waals surface area contributed by atoms with Gasteiger partial charge in [0.1, 0.15) is 11.5 Å². The van der Waals surface area contributed by atoms with Gasteiger partial charge in [0.05, 0.1) is 5.57 Å². The monoisotopic (exact) mass is 435 g/mol. The molecule has 0 spiro atoms. The van der Waals surface area contributed by atoms with Crippen LogP contribution in [0.2, 0.25) is 0 Å². The predicted molar refractivity (Wildman–Crippen MR) is 125 cm³/mol. The Morgan fingerprint density at radius 3 is 2.22 bits per heavy atom. The molecule has 2 heterocycles. The molecule has 1 fully saturated rings. The standard InChI is InChI=1S/C26H30FN3O2/c1-3-4-5-13-30-25(31)23(20-9-11-21(27)12-10-20)24(26(30)32)29-16-14-28(15-17-29)22-8-6-7-19(2)18-22/h6-12,18H,3-5,13-17H2,1-2H3. The summed E-state index contributed by atoms with van der Waals surface area (Å²) in [5, 5.41) is 0. The molecule has 0 aliphatic carbocycles. The van der Waals surface area contributed by atoms with Crippen LogP contribution in [0.15, 0.2) is 54.2 Å². The van der Waals surface area contributed by atoms with Crippen molar-refractivity contribution in [3.63, 3.8) is 0 Å². The maximum atomic E-state index is 13.5. The number of anilines is 1. The van der Waals surface area contributed by atoms with E-state index < -0.39 is 0 Å². The van der Waals surface area contributed by atoms with Crippen molar-refractivity contribution in [2.75, 3.05) is 37.6 Å². The number of unbranched alkanes of at least 4 members (excludes halogenated alkanes) is 2. The quantitative estimate of drug-likeness (QED) is 0.482. The Kier molecular flexibility index (Phi) is 6.58. The molecule has 6 heteroatoms. The fraction of sp³-hybridized carbons (Fsp3) is 0.385. The Bertz CT molecular complexity index is 1020. The van der Waals surface area contributed by atoms with Gasteiger partial charge in [0.2, 0.25) is 0 Å². The third-order valence-electron chi connectivity index (χ3n) is 6.22. The molecule has 0 bridgehead atoms. The summed E-state index contributed by atoms with van der Waals surface area (Å²) >= 11 is 0. The first kappa shape index (κ1) is 22.1. The van der Waals surface area contributed by atoms with Gasteiger partial charge in [0, 0.05) is 38.4 Å². The smallest absolute Gasteiger partial charge is 0.277 e. The molecule has 32 heavy (non-hydrogen) atoms. The third-order valence-corrected chi connectivity index (χ3v) is 6.22. The zero-order valence-corrected chi connectivity index (χ0v) is 18.8. The minimum atomic E-state index is -0.362. The van der Waals surface area contributed by atoms with Crippen molar-refractivity contribution in [2.24, 2.45) is 0 Å². The van der Waals surface area contributed by atoms with Crippen molar-refractivity contribution in [3.05, 3.63) is 71.2 Å². The lowest BCUT2D eigenvalue weighted by atomic mass is 10.0. The van der Waals surface area contributed by atoms with Crippen LogP contribution in [0.5, 0.6) is 0 Å². The number of halogens is 1. The van der Waals surface area contributed by atoms with Crippen LogP contribution in [0, 0.1) is 12.7 Å². The molecule has 2 aliphatic heterocycles. The Morgan fingerprint density at radius 2 is 1.56 bits per heavy atom. The number of piperazine rings is 1. The second-order valence-corrected chi connectivity index (χ2v) is 8.51. The summed E-state index contributed by atoms with van der Waals surface area (Å²) in [7, 11) is 0. The van der Waals surface area contributed by atoms with Crippen LogP contribution < -0.4 is 4.90 Å². The lowest BCUT2D eigenvalue weighted by molar-refractivity contribution is -0.137. The number of hydrogen-bond acceptors (Lipinski definition) is 4. The van der Waals surface area contributed by atoms with Gasteiger partial charge in [-0.25, -0.2) is 4.39 Å². The highest BCUT2D eigenvalue weighted by Gasteiger charge is 2.41. The van der Waals surface area contributed by atoms with Gasteiger partial charge in [-0.1, -0.05) is 44.0 Å². The van der Waals surface area contributed by atoms with Crippen LogP contribution in [-0.2, 0) is 9.59 Å². The lowest BCUT2D eigenvalue weighted by Crippen LogP contribution is -2.47. The van der Waals surface area contributed by atoms with E-state index in [0.717, 1.165) is 32.4 Å². The molecule has 2 aliphatic rings. The second kappa shape index (κ2) is 9.55. The Hall–Kier alpha value is -3.15. The van der Waals surface area contributed by atoms with E-state index in [1.165, 1.54) is 28.3 Å². The van der Waals surface area contributed by atoms with Crippen molar-refractivity contribution in [1.29, 1.82) is 0 Å². The fourth-order valence-corrected chi connectivity index (χ4v) is 4.47. The summed E-state index contributed by atoms with van der Waals surface area (Å²) < 4.78 is 13.5. The maximum Gasteiger partial charge on any atom is 0.277 e. The highest BCUT2D eigenvalue weighted by Crippen LogP contribution is 2.33. The van der Waals surface area contributed by atoms with Gasteiger partial charge in [-0.3, -0.25) is 14.5 Å². The Balaban J connectivity index is 1.60. The average Bonchev–Trinajstić information content (AvgIpc) is 3.05. The first-order valence-electron chi connectivity index (χ1n) is 11.4. The van der Waals surface area contributed by atoms with Crippen LogP contribution >= 0.6 is 0 Å². The van der Waals surface area contributed by atoms with Gasteiger partial charge in [0.15, 0.2) is 0 Å². The molecule has 4 rings (SSSR count). The first-order chi connectivity index (χ1) is 15.5. The Labute approximate surface area is 189 Å². The Morgan fingerprint density at radius 1 is 0.875 bits per heavy atom. The number of imide groups is 1. The van der Waals surface area contributed by atoms with Crippen molar-refractivity contribution in [2.45, 2.75) is 33.1 Å². The second-order valence-electron chi connectivity index (χ2n) is 8.51. The van der Waals surface area contributed by atoms with Gasteiger partial charge in [-0.15, -0.1) is 0 Å². The molecule has 2 aromatic rings. The molecule has 0 unspecified atom stereocenters. The molecular weight excluding hydrogens is 405 g/mol. The van der Waals surface area contributed by atoms with Crippen molar-refractivity contribution >= 4 is 23.1 Å². The van der Waals surface area contributed by atoms with E-state index in [1.54, 1.807) is 12.1 Å². The summed E-state index contributed by atoms with van der Waals surface area (Å²) in [6, 6.07) is 14.3. The van der Waals surface area contributed by atoms with Crippen molar-refractivity contribution in [3.8, 4) is 0 Å². The highest BCUT2D eigenvalue weighted by molar-refractivity contribution is 6.35. The van der Waals surface area contributed by atoms with E-state index in [9.17, 15) is 14.0 Å². The molecule has 0 saturated carbocycles.